The van der Waals surface area contributed by atoms with E-state index in [0.29, 0.717) is 54.4 Å². The lowest BCUT2D eigenvalue weighted by Gasteiger charge is -2.26. The number of methoxy groups -OCH3 is 2. The van der Waals surface area contributed by atoms with Crippen LogP contribution >= 0.6 is 11.3 Å². The lowest BCUT2D eigenvalue weighted by atomic mass is 10.0. The normalized spacial score (nSPS) is 13.1. The van der Waals surface area contributed by atoms with E-state index in [1.165, 1.54) is 25.6 Å². The van der Waals surface area contributed by atoms with E-state index in [2.05, 4.69) is 24.5 Å². The van der Waals surface area contributed by atoms with Gasteiger partial charge in [-0.05, 0) is 30.1 Å². The Labute approximate surface area is 186 Å². The minimum atomic E-state index is -0.416. The quantitative estimate of drug-likeness (QED) is 0.334. The van der Waals surface area contributed by atoms with E-state index in [1.807, 2.05) is 0 Å². The van der Waals surface area contributed by atoms with Crippen LogP contribution in [0.5, 0.6) is 0 Å². The maximum Gasteiger partial charge on any atom is 0.410 e. The summed E-state index contributed by atoms with van der Waals surface area (Å²) in [5.74, 6) is 0.353. The van der Waals surface area contributed by atoms with E-state index >= 15 is 0 Å². The number of carbonyl (C=O) groups is 2. The van der Waals surface area contributed by atoms with E-state index in [9.17, 15) is 14.9 Å². The highest BCUT2D eigenvalue weighted by molar-refractivity contribution is 7.16. The van der Waals surface area contributed by atoms with Crippen LogP contribution in [0.15, 0.2) is 36.6 Å². The highest BCUT2D eigenvalue weighted by atomic mass is 32.1. The molecule has 9 heteroatoms. The molecule has 0 aliphatic carbocycles. The Bertz CT molecular complexity index is 913. The van der Waals surface area contributed by atoms with Crippen molar-refractivity contribution in [3.8, 4) is 6.07 Å². The van der Waals surface area contributed by atoms with Crippen molar-refractivity contribution in [3.05, 3.63) is 52.6 Å². The molecule has 2 amide bonds. The molecule has 8 nitrogen and oxygen atoms in total. The number of thiophene rings is 1. The van der Waals surface area contributed by atoms with Crippen LogP contribution in [0.25, 0.3) is 0 Å². The molecular weight excluding hydrogens is 418 g/mol. The van der Waals surface area contributed by atoms with Crippen molar-refractivity contribution >= 4 is 28.3 Å². The number of amides is 2. The molecule has 1 aliphatic rings. The summed E-state index contributed by atoms with van der Waals surface area (Å²) in [6.45, 7) is 8.87. The highest BCUT2D eigenvalue weighted by Gasteiger charge is 2.28. The van der Waals surface area contributed by atoms with Gasteiger partial charge < -0.3 is 24.4 Å². The van der Waals surface area contributed by atoms with E-state index in [1.54, 1.807) is 17.1 Å². The van der Waals surface area contributed by atoms with E-state index < -0.39 is 6.09 Å². The monoisotopic (exact) mass is 445 g/mol. The van der Waals surface area contributed by atoms with Crippen molar-refractivity contribution < 1.29 is 23.8 Å². The second-order valence-corrected chi connectivity index (χ2v) is 7.83. The van der Waals surface area contributed by atoms with Gasteiger partial charge in [0.15, 0.2) is 0 Å². The Morgan fingerprint density at radius 1 is 1.32 bits per heavy atom. The average Bonchev–Trinajstić information content (AvgIpc) is 3.11. The summed E-state index contributed by atoms with van der Waals surface area (Å²) in [7, 11) is 3.07. The molecule has 0 spiro atoms. The van der Waals surface area contributed by atoms with Gasteiger partial charge in [0, 0.05) is 25.0 Å². The molecule has 0 radical (unpaired) electrons. The molecule has 2 rings (SSSR count). The van der Waals surface area contributed by atoms with Gasteiger partial charge in [-0.2, -0.15) is 5.26 Å². The summed E-state index contributed by atoms with van der Waals surface area (Å²) >= 11 is 1.32. The standard InChI is InChI=1S/C22H27N3O5S/c1-5-6-18(29-4)15(2)7-8-20(26)24-21-17(13-23)16-9-10-25(14-19(16)31-21)22(27)30-12-11-28-3/h5-6H,1-2,7-12,14H2,3-4H3,(H,24,26)/b18-6+. The number of anilines is 1. The molecule has 1 aromatic rings. The molecule has 0 unspecified atom stereocenters. The molecule has 0 bridgehead atoms. The molecule has 166 valence electrons. The number of hydrogen-bond donors (Lipinski definition) is 1. The predicted molar refractivity (Wildman–Crippen MR) is 119 cm³/mol. The molecule has 0 fully saturated rings. The Kier molecular flexibility index (Phi) is 9.31. The minimum absolute atomic E-state index is 0.186. The maximum atomic E-state index is 12.5. The summed E-state index contributed by atoms with van der Waals surface area (Å²) in [5, 5.41) is 13.0. The zero-order valence-corrected chi connectivity index (χ0v) is 18.7. The minimum Gasteiger partial charge on any atom is -0.497 e. The number of nitriles is 1. The van der Waals surface area contributed by atoms with Gasteiger partial charge in [-0.25, -0.2) is 4.79 Å². The molecular formula is C22H27N3O5S. The average molecular weight is 446 g/mol. The number of carbonyl (C=O) groups excluding carboxylic acids is 2. The number of nitrogens with zero attached hydrogens (tertiary/aromatic N) is 2. The fourth-order valence-corrected chi connectivity index (χ4v) is 4.31. The van der Waals surface area contributed by atoms with Gasteiger partial charge in [-0.1, -0.05) is 19.2 Å². The smallest absolute Gasteiger partial charge is 0.410 e. The van der Waals surface area contributed by atoms with Crippen molar-refractivity contribution in [2.45, 2.75) is 25.8 Å². The Morgan fingerprint density at radius 2 is 2.10 bits per heavy atom. The lowest BCUT2D eigenvalue weighted by Crippen LogP contribution is -2.36. The first-order chi connectivity index (χ1) is 14.9. The zero-order chi connectivity index (χ0) is 22.8. The first kappa shape index (κ1) is 24.2. The Balaban J connectivity index is 2.01. The third-order valence-corrected chi connectivity index (χ3v) is 5.82. The summed E-state index contributed by atoms with van der Waals surface area (Å²) in [6, 6.07) is 2.19. The van der Waals surface area contributed by atoms with E-state index in [4.69, 9.17) is 14.2 Å². The van der Waals surface area contributed by atoms with Gasteiger partial charge in [0.25, 0.3) is 0 Å². The second kappa shape index (κ2) is 11.9. The number of fused-ring (bicyclic) bond motifs is 1. The maximum absolute atomic E-state index is 12.5. The summed E-state index contributed by atoms with van der Waals surface area (Å²) in [5.41, 5.74) is 2.03. The van der Waals surface area contributed by atoms with Crippen LogP contribution in [-0.2, 0) is 32.0 Å². The van der Waals surface area contributed by atoms with Crippen LogP contribution in [0.4, 0.5) is 9.80 Å². The van der Waals surface area contributed by atoms with Crippen LogP contribution in [0, 0.1) is 11.3 Å². The van der Waals surface area contributed by atoms with Gasteiger partial charge in [0.1, 0.15) is 23.4 Å². The van der Waals surface area contributed by atoms with Gasteiger partial charge in [-0.15, -0.1) is 11.3 Å². The second-order valence-electron chi connectivity index (χ2n) is 6.72. The van der Waals surface area contributed by atoms with E-state index in [0.717, 1.165) is 10.4 Å². The van der Waals surface area contributed by atoms with Gasteiger partial charge in [-0.3, -0.25) is 4.79 Å². The van der Waals surface area contributed by atoms with Crippen LogP contribution in [0.2, 0.25) is 0 Å². The predicted octanol–water partition coefficient (Wildman–Crippen LogP) is 3.75. The molecule has 1 aliphatic heterocycles. The van der Waals surface area contributed by atoms with Crippen molar-refractivity contribution in [3.63, 3.8) is 0 Å². The molecule has 1 aromatic heterocycles. The topological polar surface area (TPSA) is 101 Å². The number of allylic oxidation sites excluding steroid dienone is 3. The van der Waals surface area contributed by atoms with Gasteiger partial charge >= 0.3 is 6.09 Å². The zero-order valence-electron chi connectivity index (χ0n) is 17.9. The fourth-order valence-electron chi connectivity index (χ4n) is 3.08. The Morgan fingerprint density at radius 3 is 2.74 bits per heavy atom. The number of hydrogen-bond acceptors (Lipinski definition) is 7. The van der Waals surface area contributed by atoms with Crippen molar-refractivity contribution in [2.24, 2.45) is 0 Å². The van der Waals surface area contributed by atoms with E-state index in [-0.39, 0.29) is 18.9 Å². The number of rotatable bonds is 10. The van der Waals surface area contributed by atoms with Crippen LogP contribution in [-0.4, -0.2) is 50.9 Å². The summed E-state index contributed by atoms with van der Waals surface area (Å²) in [4.78, 5) is 27.1. The molecule has 0 saturated carbocycles. The SMILES string of the molecule is C=C/C=C(/OC)C(=C)CCC(=O)Nc1sc2c(c1C#N)CCN(C(=O)OCCOC)C2. The molecule has 31 heavy (non-hydrogen) atoms. The van der Waals surface area contributed by atoms with Gasteiger partial charge in [0.05, 0.1) is 25.8 Å². The number of nitrogens with one attached hydrogen (secondary N) is 1. The van der Waals surface area contributed by atoms with Crippen molar-refractivity contribution in [1.82, 2.24) is 4.90 Å². The Hall–Kier alpha value is -3.09. The highest BCUT2D eigenvalue weighted by Crippen LogP contribution is 2.37. The molecule has 2 heterocycles. The lowest BCUT2D eigenvalue weighted by molar-refractivity contribution is -0.116. The van der Waals surface area contributed by atoms with Crippen LogP contribution in [0.1, 0.15) is 28.8 Å². The summed E-state index contributed by atoms with van der Waals surface area (Å²) in [6.07, 6.45) is 4.00. The largest absolute Gasteiger partial charge is 0.497 e. The molecule has 0 saturated heterocycles. The molecule has 1 N–H and O–H groups in total. The third-order valence-electron chi connectivity index (χ3n) is 4.68. The third kappa shape index (κ3) is 6.44. The molecule has 0 atom stereocenters. The first-order valence-electron chi connectivity index (χ1n) is 9.75. The molecule has 0 aromatic carbocycles. The van der Waals surface area contributed by atoms with Crippen LogP contribution in [0.3, 0.4) is 0 Å². The first-order valence-corrected chi connectivity index (χ1v) is 10.6. The van der Waals surface area contributed by atoms with Crippen molar-refractivity contribution in [2.75, 3.05) is 39.3 Å². The fraction of sp³-hybridized carbons (Fsp3) is 0.409. The number of ether oxygens (including phenoxy) is 3. The van der Waals surface area contributed by atoms with Crippen molar-refractivity contribution in [1.29, 1.82) is 5.26 Å². The van der Waals surface area contributed by atoms with Gasteiger partial charge in [0.2, 0.25) is 5.91 Å². The summed E-state index contributed by atoms with van der Waals surface area (Å²) < 4.78 is 15.3. The van der Waals surface area contributed by atoms with Crippen LogP contribution < -0.4 is 5.32 Å².